The second kappa shape index (κ2) is 12.0. The Morgan fingerprint density at radius 1 is 0.975 bits per heavy atom. The van der Waals surface area contributed by atoms with Crippen molar-refractivity contribution in [2.45, 2.75) is 38.8 Å². The number of nitrogens with one attached hydrogen (secondary N) is 1. The molecule has 3 aromatic rings. The molecule has 5 rings (SSSR count). The number of aliphatic hydroxyl groups excluding tert-OH is 1. The fourth-order valence-electron chi connectivity index (χ4n) is 6.46. The molecule has 0 spiro atoms. The van der Waals surface area contributed by atoms with Crippen LogP contribution in [0.2, 0.25) is 0 Å². The fourth-order valence-corrected chi connectivity index (χ4v) is 6.46. The van der Waals surface area contributed by atoms with Gasteiger partial charge in [0.1, 0.15) is 6.04 Å². The van der Waals surface area contributed by atoms with E-state index in [1.165, 1.54) is 4.90 Å². The number of rotatable bonds is 9. The van der Waals surface area contributed by atoms with Crippen molar-refractivity contribution < 1.29 is 24.2 Å². The number of esters is 1. The number of fused-ring (bicyclic) bond motifs is 2. The van der Waals surface area contributed by atoms with Crippen LogP contribution >= 0.6 is 0 Å². The molecule has 1 saturated heterocycles. The monoisotopic (exact) mass is 540 g/mol. The quantitative estimate of drug-likeness (QED) is 0.290. The summed E-state index contributed by atoms with van der Waals surface area (Å²) >= 11 is 0. The first kappa shape index (κ1) is 27.6. The zero-order chi connectivity index (χ0) is 28.2. The fraction of sp³-hybridized carbons (Fsp3) is 0.364. The Morgan fingerprint density at radius 2 is 1.70 bits per heavy atom. The van der Waals surface area contributed by atoms with Gasteiger partial charge >= 0.3 is 5.97 Å². The highest BCUT2D eigenvalue weighted by molar-refractivity contribution is 6.02. The lowest BCUT2D eigenvalue weighted by Gasteiger charge is -2.34. The van der Waals surface area contributed by atoms with Gasteiger partial charge < -0.3 is 20.1 Å². The van der Waals surface area contributed by atoms with Gasteiger partial charge in [0.05, 0.1) is 31.1 Å². The van der Waals surface area contributed by atoms with Crippen molar-refractivity contribution in [3.05, 3.63) is 90.5 Å². The van der Waals surface area contributed by atoms with E-state index in [9.17, 15) is 19.5 Å². The standard InChI is InChI=1S/C33H36N2O5/c1-3-10-23-16-18-26-29(28(23)33(39)40-4-2)32(38)35(27(20-36)22-12-6-5-7-13-22)30(26)31(37)34-25-17-15-21-11-8-9-14-24(21)19-25/h5-9,11-19,23,26-30,36H,3-4,10,20H2,1-2H3,(H,34,37)/t23-,26+,27-,28-,29+,30+/m1/s1. The van der Waals surface area contributed by atoms with Crippen LogP contribution in [0.5, 0.6) is 0 Å². The first-order chi connectivity index (χ1) is 19.5. The van der Waals surface area contributed by atoms with Crippen molar-refractivity contribution >= 4 is 34.2 Å². The number of benzene rings is 3. The van der Waals surface area contributed by atoms with Gasteiger partial charge in [-0.3, -0.25) is 14.4 Å². The summed E-state index contributed by atoms with van der Waals surface area (Å²) in [5.74, 6) is -3.24. The molecule has 40 heavy (non-hydrogen) atoms. The summed E-state index contributed by atoms with van der Waals surface area (Å²) in [5.41, 5.74) is 1.34. The number of aliphatic hydroxyl groups is 1. The van der Waals surface area contributed by atoms with Gasteiger partial charge in [-0.2, -0.15) is 0 Å². The maximum absolute atomic E-state index is 14.3. The van der Waals surface area contributed by atoms with E-state index in [4.69, 9.17) is 4.74 Å². The third-order valence-corrected chi connectivity index (χ3v) is 8.21. The van der Waals surface area contributed by atoms with Gasteiger partial charge in [-0.1, -0.05) is 86.2 Å². The average Bonchev–Trinajstić information content (AvgIpc) is 3.26. The van der Waals surface area contributed by atoms with E-state index in [1.807, 2.05) is 91.9 Å². The van der Waals surface area contributed by atoms with Gasteiger partial charge in [0.25, 0.3) is 0 Å². The number of carbonyl (C=O) groups excluding carboxylic acids is 3. The van der Waals surface area contributed by atoms with Crippen LogP contribution in [0.25, 0.3) is 10.8 Å². The lowest BCUT2D eigenvalue weighted by molar-refractivity contribution is -0.156. The van der Waals surface area contributed by atoms with E-state index < -0.39 is 35.8 Å². The number of nitrogens with zero attached hydrogens (tertiary/aromatic N) is 1. The molecular weight excluding hydrogens is 504 g/mol. The third-order valence-electron chi connectivity index (χ3n) is 8.21. The summed E-state index contributed by atoms with van der Waals surface area (Å²) in [5, 5.41) is 15.6. The van der Waals surface area contributed by atoms with Gasteiger partial charge in [-0.15, -0.1) is 0 Å². The van der Waals surface area contributed by atoms with E-state index in [0.29, 0.717) is 5.69 Å². The van der Waals surface area contributed by atoms with Crippen LogP contribution in [0, 0.1) is 23.7 Å². The Labute approximate surface area is 234 Å². The number of carbonyl (C=O) groups is 3. The number of hydrogen-bond donors (Lipinski definition) is 2. The zero-order valence-electron chi connectivity index (χ0n) is 22.9. The van der Waals surface area contributed by atoms with Crippen LogP contribution in [-0.4, -0.2) is 47.0 Å². The van der Waals surface area contributed by atoms with Crippen LogP contribution < -0.4 is 5.32 Å². The summed E-state index contributed by atoms with van der Waals surface area (Å²) in [6.45, 7) is 3.65. The molecule has 1 fully saturated rings. The normalized spacial score (nSPS) is 24.5. The highest BCUT2D eigenvalue weighted by atomic mass is 16.5. The van der Waals surface area contributed by atoms with Gasteiger partial charge in [0, 0.05) is 11.6 Å². The van der Waals surface area contributed by atoms with Crippen LogP contribution in [0.1, 0.15) is 38.3 Å². The molecule has 208 valence electrons. The first-order valence-electron chi connectivity index (χ1n) is 14.1. The number of anilines is 1. The molecular formula is C33H36N2O5. The Balaban J connectivity index is 1.57. The first-order valence-corrected chi connectivity index (χ1v) is 14.1. The number of ether oxygens (including phenoxy) is 1. The number of likely N-dealkylation sites (tertiary alicyclic amines) is 1. The van der Waals surface area contributed by atoms with Gasteiger partial charge in [0.15, 0.2) is 0 Å². The molecule has 0 saturated carbocycles. The van der Waals surface area contributed by atoms with Crippen molar-refractivity contribution in [1.29, 1.82) is 0 Å². The lowest BCUT2D eigenvalue weighted by Crippen LogP contribution is -2.46. The Kier molecular flexibility index (Phi) is 8.31. The molecule has 2 N–H and O–H groups in total. The predicted octanol–water partition coefficient (Wildman–Crippen LogP) is 5.12. The molecule has 7 heteroatoms. The van der Waals surface area contributed by atoms with Crippen LogP contribution in [0.4, 0.5) is 5.69 Å². The summed E-state index contributed by atoms with van der Waals surface area (Å²) in [6, 6.07) is 21.1. The Hall–Kier alpha value is -3.97. The van der Waals surface area contributed by atoms with E-state index in [0.717, 1.165) is 29.2 Å². The molecule has 0 unspecified atom stereocenters. The van der Waals surface area contributed by atoms with E-state index >= 15 is 0 Å². The third kappa shape index (κ3) is 5.13. The van der Waals surface area contributed by atoms with Crippen molar-refractivity contribution in [2.24, 2.45) is 23.7 Å². The predicted molar refractivity (Wildman–Crippen MR) is 154 cm³/mol. The van der Waals surface area contributed by atoms with Gasteiger partial charge in [-0.05, 0) is 47.7 Å². The summed E-state index contributed by atoms with van der Waals surface area (Å²) in [4.78, 5) is 43.2. The summed E-state index contributed by atoms with van der Waals surface area (Å²) in [7, 11) is 0. The minimum atomic E-state index is -0.919. The molecule has 0 aromatic heterocycles. The van der Waals surface area contributed by atoms with E-state index in [1.54, 1.807) is 6.92 Å². The van der Waals surface area contributed by atoms with E-state index in [2.05, 4.69) is 5.32 Å². The molecule has 1 aliphatic carbocycles. The second-order valence-corrected chi connectivity index (χ2v) is 10.6. The number of amides is 2. The Morgan fingerprint density at radius 3 is 2.40 bits per heavy atom. The van der Waals surface area contributed by atoms with Crippen LogP contribution in [-0.2, 0) is 19.1 Å². The molecule has 0 radical (unpaired) electrons. The largest absolute Gasteiger partial charge is 0.466 e. The zero-order valence-corrected chi connectivity index (χ0v) is 22.9. The van der Waals surface area contributed by atoms with Crippen molar-refractivity contribution in [3.8, 4) is 0 Å². The van der Waals surface area contributed by atoms with Gasteiger partial charge in [0.2, 0.25) is 11.8 Å². The summed E-state index contributed by atoms with van der Waals surface area (Å²) in [6.07, 6.45) is 5.49. The minimum absolute atomic E-state index is 0.164. The van der Waals surface area contributed by atoms with Crippen molar-refractivity contribution in [1.82, 2.24) is 4.90 Å². The summed E-state index contributed by atoms with van der Waals surface area (Å²) < 4.78 is 5.46. The molecule has 1 aliphatic heterocycles. The second-order valence-electron chi connectivity index (χ2n) is 10.6. The highest BCUT2D eigenvalue weighted by Gasteiger charge is 2.59. The van der Waals surface area contributed by atoms with Crippen LogP contribution in [0.3, 0.4) is 0 Å². The molecule has 1 heterocycles. The minimum Gasteiger partial charge on any atom is -0.466 e. The van der Waals surface area contributed by atoms with Crippen molar-refractivity contribution in [3.63, 3.8) is 0 Å². The smallest absolute Gasteiger partial charge is 0.310 e. The van der Waals surface area contributed by atoms with Gasteiger partial charge in [-0.25, -0.2) is 0 Å². The maximum Gasteiger partial charge on any atom is 0.310 e. The SMILES string of the molecule is CCC[C@@H]1C=C[C@H]2[C@H](C(=O)N([C@H](CO)c3ccccc3)[C@@H]2C(=O)Nc2ccc3ccccc3c2)[C@@H]1C(=O)OCC. The maximum atomic E-state index is 14.3. The highest BCUT2D eigenvalue weighted by Crippen LogP contribution is 2.48. The number of allylic oxidation sites excluding steroid dienone is 1. The average molecular weight is 541 g/mol. The molecule has 2 aliphatic rings. The number of hydrogen-bond acceptors (Lipinski definition) is 5. The Bertz CT molecular complexity index is 1400. The molecule has 7 nitrogen and oxygen atoms in total. The molecule has 0 bridgehead atoms. The topological polar surface area (TPSA) is 95.9 Å². The molecule has 6 atom stereocenters. The lowest BCUT2D eigenvalue weighted by atomic mass is 9.69. The van der Waals surface area contributed by atoms with E-state index in [-0.39, 0.29) is 30.9 Å². The molecule has 2 amide bonds. The van der Waals surface area contributed by atoms with Crippen LogP contribution in [0.15, 0.2) is 84.9 Å². The molecule has 3 aromatic carbocycles. The van der Waals surface area contributed by atoms with Crippen molar-refractivity contribution in [2.75, 3.05) is 18.5 Å².